The van der Waals surface area contributed by atoms with Crippen LogP contribution in [0.4, 0.5) is 0 Å². The highest BCUT2D eigenvalue weighted by atomic mass is 16.4. The summed E-state index contributed by atoms with van der Waals surface area (Å²) in [6, 6.07) is 0. The zero-order chi connectivity index (χ0) is 7.56. The Morgan fingerprint density at radius 3 is 2.90 bits per heavy atom. The van der Waals surface area contributed by atoms with E-state index in [1.165, 1.54) is 6.21 Å². The highest BCUT2D eigenvalue weighted by Crippen LogP contribution is 1.99. The molecule has 0 aliphatic heterocycles. The molecule has 0 saturated carbocycles. The monoisotopic (exact) mass is 139 g/mol. The number of aromatic nitrogens is 2. The maximum Gasteiger partial charge on any atom is 0.110 e. The Hall–Kier alpha value is -1.32. The first-order valence-electron chi connectivity index (χ1n) is 2.91. The number of hydrogen-bond acceptors (Lipinski definition) is 3. The minimum atomic E-state index is 0.699. The van der Waals surface area contributed by atoms with Crippen LogP contribution in [0.15, 0.2) is 11.4 Å². The third-order valence-electron chi connectivity index (χ3n) is 1.23. The van der Waals surface area contributed by atoms with Gasteiger partial charge in [-0.05, 0) is 12.5 Å². The summed E-state index contributed by atoms with van der Waals surface area (Å²) < 4.78 is 1.67. The fourth-order valence-corrected chi connectivity index (χ4v) is 0.806. The van der Waals surface area contributed by atoms with E-state index < -0.39 is 0 Å². The molecule has 1 N–H and O–H groups in total. The van der Waals surface area contributed by atoms with Crippen molar-refractivity contribution in [2.75, 3.05) is 0 Å². The van der Waals surface area contributed by atoms with E-state index in [2.05, 4.69) is 10.3 Å². The maximum atomic E-state index is 8.17. The minimum absolute atomic E-state index is 0.699. The quantitative estimate of drug-likeness (QED) is 0.350. The first-order chi connectivity index (χ1) is 4.74. The van der Waals surface area contributed by atoms with Gasteiger partial charge in [-0.1, -0.05) is 5.16 Å². The summed E-state index contributed by atoms with van der Waals surface area (Å²) in [5.41, 5.74) is 1.70. The zero-order valence-electron chi connectivity index (χ0n) is 5.94. The molecule has 1 aromatic heterocycles. The van der Waals surface area contributed by atoms with Gasteiger partial charge in [-0.15, -0.1) is 0 Å². The van der Waals surface area contributed by atoms with Gasteiger partial charge in [0.25, 0.3) is 0 Å². The van der Waals surface area contributed by atoms with Crippen molar-refractivity contribution in [2.24, 2.45) is 12.2 Å². The topological polar surface area (TPSA) is 50.4 Å². The highest BCUT2D eigenvalue weighted by Gasteiger charge is 1.97. The summed E-state index contributed by atoms with van der Waals surface area (Å²) in [5.74, 6) is 0. The second-order valence-electron chi connectivity index (χ2n) is 2.12. The fraction of sp³-hybridized carbons (Fsp3) is 0.333. The SMILES string of the molecule is Cc1cn(C)nc1/C=N/O. The first kappa shape index (κ1) is 6.80. The summed E-state index contributed by atoms with van der Waals surface area (Å²) in [7, 11) is 1.82. The van der Waals surface area contributed by atoms with E-state index >= 15 is 0 Å². The Kier molecular flexibility index (Phi) is 1.71. The zero-order valence-corrected chi connectivity index (χ0v) is 5.94. The summed E-state index contributed by atoms with van der Waals surface area (Å²) in [6.07, 6.45) is 3.17. The molecular weight excluding hydrogens is 130 g/mol. The number of hydrogen-bond donors (Lipinski definition) is 1. The van der Waals surface area contributed by atoms with Gasteiger partial charge in [-0.25, -0.2) is 0 Å². The lowest BCUT2D eigenvalue weighted by Gasteiger charge is -1.81. The smallest absolute Gasteiger partial charge is 0.110 e. The first-order valence-corrected chi connectivity index (χ1v) is 2.91. The fourth-order valence-electron chi connectivity index (χ4n) is 0.806. The summed E-state index contributed by atoms with van der Waals surface area (Å²) >= 11 is 0. The lowest BCUT2D eigenvalue weighted by atomic mass is 10.3. The van der Waals surface area contributed by atoms with Crippen molar-refractivity contribution in [3.8, 4) is 0 Å². The van der Waals surface area contributed by atoms with Gasteiger partial charge in [0.2, 0.25) is 0 Å². The normalized spacial score (nSPS) is 11.0. The molecule has 54 valence electrons. The predicted octanol–water partition coefficient (Wildman–Crippen LogP) is 0.537. The van der Waals surface area contributed by atoms with Gasteiger partial charge in [0, 0.05) is 13.2 Å². The van der Waals surface area contributed by atoms with Crippen LogP contribution in [0.2, 0.25) is 0 Å². The van der Waals surface area contributed by atoms with Crippen LogP contribution >= 0.6 is 0 Å². The Morgan fingerprint density at radius 2 is 2.50 bits per heavy atom. The Balaban J connectivity index is 3.03. The standard InChI is InChI=1S/C6H9N3O/c1-5-4-9(2)8-6(5)3-7-10/h3-4,10H,1-2H3/b7-3+. The van der Waals surface area contributed by atoms with Gasteiger partial charge in [0.15, 0.2) is 0 Å². The molecule has 0 spiro atoms. The third-order valence-corrected chi connectivity index (χ3v) is 1.23. The summed E-state index contributed by atoms with van der Waals surface area (Å²) in [4.78, 5) is 0. The van der Waals surface area contributed by atoms with Crippen molar-refractivity contribution in [2.45, 2.75) is 6.92 Å². The highest BCUT2D eigenvalue weighted by molar-refractivity contribution is 5.78. The number of rotatable bonds is 1. The summed E-state index contributed by atoms with van der Waals surface area (Å²) in [6.45, 7) is 1.91. The van der Waals surface area contributed by atoms with Crippen LogP contribution in [0, 0.1) is 6.92 Å². The van der Waals surface area contributed by atoms with Crippen LogP contribution in [0.25, 0.3) is 0 Å². The molecule has 0 fully saturated rings. The molecule has 0 unspecified atom stereocenters. The molecule has 10 heavy (non-hydrogen) atoms. The van der Waals surface area contributed by atoms with Gasteiger partial charge < -0.3 is 5.21 Å². The predicted molar refractivity (Wildman–Crippen MR) is 37.3 cm³/mol. The van der Waals surface area contributed by atoms with Crippen LogP contribution in [-0.4, -0.2) is 21.2 Å². The molecule has 4 nitrogen and oxygen atoms in total. The largest absolute Gasteiger partial charge is 0.411 e. The lowest BCUT2D eigenvalue weighted by Crippen LogP contribution is -1.89. The molecule has 0 aromatic carbocycles. The molecule has 1 heterocycles. The maximum absolute atomic E-state index is 8.17. The van der Waals surface area contributed by atoms with Crippen LogP contribution in [0.5, 0.6) is 0 Å². The van der Waals surface area contributed by atoms with E-state index in [1.807, 2.05) is 20.2 Å². The average Bonchev–Trinajstić information content (AvgIpc) is 2.13. The molecule has 0 aliphatic carbocycles. The Morgan fingerprint density at radius 1 is 1.80 bits per heavy atom. The molecule has 0 saturated heterocycles. The van der Waals surface area contributed by atoms with Gasteiger partial charge in [-0.2, -0.15) is 5.10 Å². The van der Waals surface area contributed by atoms with Crippen LogP contribution in [-0.2, 0) is 7.05 Å². The number of aryl methyl sites for hydroxylation is 2. The van der Waals surface area contributed by atoms with Crippen molar-refractivity contribution in [3.05, 3.63) is 17.5 Å². The molecule has 4 heteroatoms. The third kappa shape index (κ3) is 1.15. The van der Waals surface area contributed by atoms with E-state index in [-0.39, 0.29) is 0 Å². The lowest BCUT2D eigenvalue weighted by molar-refractivity contribution is 0.321. The van der Waals surface area contributed by atoms with E-state index in [0.29, 0.717) is 5.69 Å². The van der Waals surface area contributed by atoms with Gasteiger partial charge in [0.1, 0.15) is 5.69 Å². The van der Waals surface area contributed by atoms with Crippen molar-refractivity contribution in [3.63, 3.8) is 0 Å². The van der Waals surface area contributed by atoms with Crippen LogP contribution in [0.1, 0.15) is 11.3 Å². The molecule has 0 amide bonds. The molecule has 0 bridgehead atoms. The molecule has 0 atom stereocenters. The molecular formula is C6H9N3O. The Labute approximate surface area is 58.8 Å². The van der Waals surface area contributed by atoms with Crippen molar-refractivity contribution in [1.29, 1.82) is 0 Å². The second kappa shape index (κ2) is 2.51. The van der Waals surface area contributed by atoms with Crippen LogP contribution < -0.4 is 0 Å². The summed E-state index contributed by atoms with van der Waals surface area (Å²) in [5, 5.41) is 15.1. The molecule has 1 rings (SSSR count). The minimum Gasteiger partial charge on any atom is -0.411 e. The van der Waals surface area contributed by atoms with Crippen molar-refractivity contribution >= 4 is 6.21 Å². The van der Waals surface area contributed by atoms with Crippen molar-refractivity contribution in [1.82, 2.24) is 9.78 Å². The second-order valence-corrected chi connectivity index (χ2v) is 2.12. The van der Waals surface area contributed by atoms with Crippen molar-refractivity contribution < 1.29 is 5.21 Å². The van der Waals surface area contributed by atoms with E-state index in [0.717, 1.165) is 5.56 Å². The van der Waals surface area contributed by atoms with Crippen LogP contribution in [0.3, 0.4) is 0 Å². The van der Waals surface area contributed by atoms with Gasteiger partial charge in [-0.3, -0.25) is 4.68 Å². The number of oxime groups is 1. The molecule has 1 aromatic rings. The van der Waals surface area contributed by atoms with E-state index in [4.69, 9.17) is 5.21 Å². The molecule has 0 aliphatic rings. The van der Waals surface area contributed by atoms with Gasteiger partial charge >= 0.3 is 0 Å². The average molecular weight is 139 g/mol. The Bertz CT molecular complexity index is 251. The van der Waals surface area contributed by atoms with Gasteiger partial charge in [0.05, 0.1) is 6.21 Å². The van der Waals surface area contributed by atoms with E-state index in [9.17, 15) is 0 Å². The number of nitrogens with zero attached hydrogens (tertiary/aromatic N) is 3. The molecule has 0 radical (unpaired) electrons. The van der Waals surface area contributed by atoms with E-state index in [1.54, 1.807) is 4.68 Å².